The summed E-state index contributed by atoms with van der Waals surface area (Å²) in [5, 5.41) is 10.8. The Hall–Kier alpha value is -1.59. The van der Waals surface area contributed by atoms with Crippen LogP contribution in [-0.2, 0) is 19.1 Å². The largest absolute Gasteiger partial charge is 0.481 e. The summed E-state index contributed by atoms with van der Waals surface area (Å²) in [6.07, 6.45) is 0.525. The van der Waals surface area contributed by atoms with E-state index in [2.05, 4.69) is 10.1 Å². The zero-order chi connectivity index (χ0) is 11.7. The van der Waals surface area contributed by atoms with Crippen LogP contribution in [-0.4, -0.2) is 36.6 Å². The first kappa shape index (κ1) is 13.4. The molecule has 0 radical (unpaired) electrons. The van der Waals surface area contributed by atoms with E-state index in [9.17, 15) is 14.4 Å². The van der Waals surface area contributed by atoms with Crippen molar-refractivity contribution in [3.05, 3.63) is 0 Å². The van der Waals surface area contributed by atoms with Crippen LogP contribution in [0.4, 0.5) is 0 Å². The highest BCUT2D eigenvalue weighted by molar-refractivity contribution is 5.80. The number of carboxylic acids is 1. The van der Waals surface area contributed by atoms with Crippen molar-refractivity contribution in [3.63, 3.8) is 0 Å². The predicted octanol–water partition coefficient (Wildman–Crippen LogP) is -0.0794. The second-order valence-corrected chi connectivity index (χ2v) is 2.92. The minimum atomic E-state index is -1.00. The van der Waals surface area contributed by atoms with Gasteiger partial charge in [0.15, 0.2) is 0 Å². The van der Waals surface area contributed by atoms with Gasteiger partial charge in [-0.2, -0.15) is 0 Å². The molecule has 86 valence electrons. The molecule has 0 heterocycles. The molecule has 0 fully saturated rings. The van der Waals surface area contributed by atoms with Gasteiger partial charge in [-0.05, 0) is 6.42 Å². The highest BCUT2D eigenvalue weighted by atomic mass is 16.5. The molecule has 0 aromatic rings. The number of rotatable bonds is 7. The third-order valence-electron chi connectivity index (χ3n) is 1.67. The van der Waals surface area contributed by atoms with E-state index in [1.165, 1.54) is 7.11 Å². The normalized spacial score (nSPS) is 9.40. The standard InChI is InChI=1S/C9H15NO5/c1-15-9(14)3-2-6-10-7(11)4-5-8(12)13/h2-6H2,1H3,(H,10,11)(H,12,13). The summed E-state index contributed by atoms with van der Waals surface area (Å²) in [7, 11) is 1.30. The van der Waals surface area contributed by atoms with Crippen LogP contribution in [0.3, 0.4) is 0 Å². The van der Waals surface area contributed by atoms with Gasteiger partial charge in [-0.25, -0.2) is 0 Å². The van der Waals surface area contributed by atoms with Gasteiger partial charge in [0, 0.05) is 19.4 Å². The van der Waals surface area contributed by atoms with E-state index in [4.69, 9.17) is 5.11 Å². The number of ether oxygens (including phenoxy) is 1. The van der Waals surface area contributed by atoms with Gasteiger partial charge in [0.05, 0.1) is 13.5 Å². The van der Waals surface area contributed by atoms with Gasteiger partial charge >= 0.3 is 11.9 Å². The molecule has 15 heavy (non-hydrogen) atoms. The fourth-order valence-corrected chi connectivity index (χ4v) is 0.871. The molecule has 0 bridgehead atoms. The number of esters is 1. The number of methoxy groups -OCH3 is 1. The first-order chi connectivity index (χ1) is 7.06. The number of hydrogen-bond donors (Lipinski definition) is 2. The van der Waals surface area contributed by atoms with Crippen LogP contribution in [0.25, 0.3) is 0 Å². The van der Waals surface area contributed by atoms with E-state index in [1.807, 2.05) is 0 Å². The van der Waals surface area contributed by atoms with Gasteiger partial charge < -0.3 is 15.2 Å². The Balaban J connectivity index is 3.39. The van der Waals surface area contributed by atoms with Crippen molar-refractivity contribution in [2.45, 2.75) is 25.7 Å². The summed E-state index contributed by atoms with van der Waals surface area (Å²) in [4.78, 5) is 31.8. The third-order valence-corrected chi connectivity index (χ3v) is 1.67. The quantitative estimate of drug-likeness (QED) is 0.459. The molecular formula is C9H15NO5. The highest BCUT2D eigenvalue weighted by Crippen LogP contribution is 1.92. The summed E-state index contributed by atoms with van der Waals surface area (Å²) >= 11 is 0. The van der Waals surface area contributed by atoms with Crippen LogP contribution in [0, 0.1) is 0 Å². The fraction of sp³-hybridized carbons (Fsp3) is 0.667. The minimum Gasteiger partial charge on any atom is -0.481 e. The van der Waals surface area contributed by atoms with Crippen LogP contribution in [0.5, 0.6) is 0 Å². The fourth-order valence-electron chi connectivity index (χ4n) is 0.871. The van der Waals surface area contributed by atoms with E-state index in [1.54, 1.807) is 0 Å². The van der Waals surface area contributed by atoms with E-state index in [-0.39, 0.29) is 31.1 Å². The molecular weight excluding hydrogens is 202 g/mol. The maximum absolute atomic E-state index is 11.0. The lowest BCUT2D eigenvalue weighted by Gasteiger charge is -2.03. The molecule has 0 aliphatic heterocycles. The van der Waals surface area contributed by atoms with E-state index >= 15 is 0 Å². The van der Waals surface area contributed by atoms with E-state index in [0.29, 0.717) is 13.0 Å². The van der Waals surface area contributed by atoms with Crippen LogP contribution < -0.4 is 5.32 Å². The molecule has 0 saturated carbocycles. The molecule has 0 aliphatic rings. The first-order valence-corrected chi connectivity index (χ1v) is 4.61. The van der Waals surface area contributed by atoms with Gasteiger partial charge in [-0.1, -0.05) is 0 Å². The summed E-state index contributed by atoms with van der Waals surface area (Å²) < 4.78 is 4.41. The molecule has 1 amide bonds. The van der Waals surface area contributed by atoms with Gasteiger partial charge in [0.25, 0.3) is 0 Å². The van der Waals surface area contributed by atoms with Crippen molar-refractivity contribution in [3.8, 4) is 0 Å². The van der Waals surface area contributed by atoms with Crippen LogP contribution in [0.15, 0.2) is 0 Å². The maximum atomic E-state index is 11.0. The Morgan fingerprint density at radius 3 is 2.40 bits per heavy atom. The van der Waals surface area contributed by atoms with Gasteiger partial charge in [0.2, 0.25) is 5.91 Å². The summed E-state index contributed by atoms with van der Waals surface area (Å²) in [6.45, 7) is 0.355. The number of hydrogen-bond acceptors (Lipinski definition) is 4. The molecule has 2 N–H and O–H groups in total. The molecule has 0 aromatic heterocycles. The van der Waals surface area contributed by atoms with Crippen molar-refractivity contribution >= 4 is 17.8 Å². The Bertz CT molecular complexity index is 239. The first-order valence-electron chi connectivity index (χ1n) is 4.61. The number of nitrogens with one attached hydrogen (secondary N) is 1. The highest BCUT2D eigenvalue weighted by Gasteiger charge is 2.05. The second-order valence-electron chi connectivity index (χ2n) is 2.92. The molecule has 0 aromatic carbocycles. The van der Waals surface area contributed by atoms with Gasteiger partial charge in [-0.15, -0.1) is 0 Å². The number of carboxylic acid groups (broad SMARTS) is 1. The predicted molar refractivity (Wildman–Crippen MR) is 51.1 cm³/mol. The Morgan fingerprint density at radius 2 is 1.87 bits per heavy atom. The molecule has 0 rings (SSSR count). The van der Waals surface area contributed by atoms with Crippen LogP contribution in [0.1, 0.15) is 25.7 Å². The van der Waals surface area contributed by atoms with Crippen molar-refractivity contribution in [2.75, 3.05) is 13.7 Å². The Morgan fingerprint density at radius 1 is 1.20 bits per heavy atom. The second kappa shape index (κ2) is 7.78. The molecule has 0 aliphatic carbocycles. The topological polar surface area (TPSA) is 92.7 Å². The summed E-state index contributed by atoms with van der Waals surface area (Å²) in [6, 6.07) is 0. The van der Waals surface area contributed by atoms with Crippen molar-refractivity contribution in [1.29, 1.82) is 0 Å². The average molecular weight is 217 g/mol. The third kappa shape index (κ3) is 8.73. The zero-order valence-corrected chi connectivity index (χ0v) is 8.62. The summed E-state index contributed by atoms with van der Waals surface area (Å²) in [5.74, 6) is -1.64. The lowest BCUT2D eigenvalue weighted by Crippen LogP contribution is -2.25. The van der Waals surface area contributed by atoms with Crippen LogP contribution >= 0.6 is 0 Å². The maximum Gasteiger partial charge on any atom is 0.305 e. The molecule has 0 unspecified atom stereocenters. The van der Waals surface area contributed by atoms with E-state index < -0.39 is 5.97 Å². The van der Waals surface area contributed by atoms with Crippen molar-refractivity contribution in [2.24, 2.45) is 0 Å². The number of aliphatic carboxylic acids is 1. The lowest BCUT2D eigenvalue weighted by atomic mass is 10.3. The Kier molecular flexibility index (Phi) is 6.96. The van der Waals surface area contributed by atoms with Gasteiger partial charge in [0.1, 0.15) is 0 Å². The van der Waals surface area contributed by atoms with Gasteiger partial charge in [-0.3, -0.25) is 14.4 Å². The number of carbonyl (C=O) groups excluding carboxylic acids is 2. The molecule has 6 nitrogen and oxygen atoms in total. The molecule has 0 spiro atoms. The lowest BCUT2D eigenvalue weighted by molar-refractivity contribution is -0.140. The van der Waals surface area contributed by atoms with E-state index in [0.717, 1.165) is 0 Å². The number of amides is 1. The minimum absolute atomic E-state index is 0.0342. The molecule has 0 atom stereocenters. The smallest absolute Gasteiger partial charge is 0.305 e. The number of carbonyl (C=O) groups is 3. The molecule has 0 saturated heterocycles. The SMILES string of the molecule is COC(=O)CCCNC(=O)CCC(=O)O. The zero-order valence-electron chi connectivity index (χ0n) is 8.62. The summed E-state index contributed by atoms with van der Waals surface area (Å²) in [5.41, 5.74) is 0. The average Bonchev–Trinajstić information content (AvgIpc) is 2.21. The molecule has 6 heteroatoms. The Labute approximate surface area is 87.6 Å². The van der Waals surface area contributed by atoms with Crippen molar-refractivity contribution in [1.82, 2.24) is 5.32 Å². The van der Waals surface area contributed by atoms with Crippen molar-refractivity contribution < 1.29 is 24.2 Å². The monoisotopic (exact) mass is 217 g/mol. The van der Waals surface area contributed by atoms with Crippen LogP contribution in [0.2, 0.25) is 0 Å².